The largest absolute Gasteiger partial charge is 0.444 e. The molecule has 0 aromatic heterocycles. The number of anilines is 1. The summed E-state index contributed by atoms with van der Waals surface area (Å²) in [4.78, 5) is 25.2. The number of hydrogen-bond donors (Lipinski definition) is 2. The van der Waals surface area contributed by atoms with Crippen LogP contribution in [0.4, 0.5) is 23.7 Å². The smallest absolute Gasteiger partial charge is 0.416 e. The summed E-state index contributed by atoms with van der Waals surface area (Å²) in [7, 11) is 0. The zero-order chi connectivity index (χ0) is 21.3. The van der Waals surface area contributed by atoms with Crippen LogP contribution in [0.25, 0.3) is 0 Å². The van der Waals surface area contributed by atoms with E-state index in [-0.39, 0.29) is 11.6 Å². The van der Waals surface area contributed by atoms with Crippen molar-refractivity contribution in [2.75, 3.05) is 11.9 Å². The average Bonchev–Trinajstić information content (AvgIpc) is 2.51. The number of nitrogens with two attached hydrogens (primary N) is 1. The molecule has 0 radical (unpaired) electrons. The van der Waals surface area contributed by atoms with Crippen LogP contribution < -0.4 is 11.1 Å². The SMILES string of the molecule is CC(=O)Nc1cc(C(F)(F)F)ccc1C1CCN(C(=O)OC(C)(C)C)C(N)C1. The molecule has 0 saturated carbocycles. The maximum atomic E-state index is 13.0. The topological polar surface area (TPSA) is 84.7 Å². The molecule has 2 unspecified atom stereocenters. The highest BCUT2D eigenvalue weighted by Crippen LogP contribution is 2.38. The maximum Gasteiger partial charge on any atom is 0.416 e. The fourth-order valence-electron chi connectivity index (χ4n) is 3.21. The van der Waals surface area contributed by atoms with E-state index in [0.29, 0.717) is 24.9 Å². The van der Waals surface area contributed by atoms with E-state index in [1.807, 2.05) is 0 Å². The van der Waals surface area contributed by atoms with Gasteiger partial charge in [-0.05, 0) is 57.2 Å². The summed E-state index contributed by atoms with van der Waals surface area (Å²) < 4.78 is 44.4. The van der Waals surface area contributed by atoms with E-state index in [0.717, 1.165) is 12.1 Å². The summed E-state index contributed by atoms with van der Waals surface area (Å²) in [6, 6.07) is 3.30. The molecule has 156 valence electrons. The summed E-state index contributed by atoms with van der Waals surface area (Å²) >= 11 is 0. The Morgan fingerprint density at radius 2 is 1.89 bits per heavy atom. The quantitative estimate of drug-likeness (QED) is 0.783. The van der Waals surface area contributed by atoms with Crippen LogP contribution in [0.2, 0.25) is 0 Å². The van der Waals surface area contributed by atoms with Gasteiger partial charge >= 0.3 is 12.3 Å². The highest BCUT2D eigenvalue weighted by molar-refractivity contribution is 5.89. The number of ether oxygens (including phenoxy) is 1. The Labute approximate surface area is 162 Å². The molecule has 1 heterocycles. The number of nitrogens with zero attached hydrogens (tertiary/aromatic N) is 1. The van der Waals surface area contributed by atoms with Crippen LogP contribution in [0.5, 0.6) is 0 Å². The van der Waals surface area contributed by atoms with Gasteiger partial charge in [0.2, 0.25) is 5.91 Å². The monoisotopic (exact) mass is 401 g/mol. The van der Waals surface area contributed by atoms with Gasteiger partial charge in [0.1, 0.15) is 5.60 Å². The van der Waals surface area contributed by atoms with Crippen LogP contribution >= 0.6 is 0 Å². The molecule has 0 aliphatic carbocycles. The number of carbonyl (C=O) groups is 2. The summed E-state index contributed by atoms with van der Waals surface area (Å²) in [5.74, 6) is -0.658. The third-order valence-electron chi connectivity index (χ3n) is 4.40. The average molecular weight is 401 g/mol. The lowest BCUT2D eigenvalue weighted by molar-refractivity contribution is -0.137. The van der Waals surface area contributed by atoms with Crippen molar-refractivity contribution in [2.24, 2.45) is 5.73 Å². The van der Waals surface area contributed by atoms with E-state index in [4.69, 9.17) is 10.5 Å². The van der Waals surface area contributed by atoms with Gasteiger partial charge in [0.15, 0.2) is 0 Å². The molecule has 2 rings (SSSR count). The summed E-state index contributed by atoms with van der Waals surface area (Å²) in [5.41, 5.74) is 5.33. The standard InChI is InChI=1S/C19H26F3N3O3/c1-11(26)24-15-10-13(19(20,21)22)5-6-14(15)12-7-8-25(16(23)9-12)17(27)28-18(2,3)4/h5-6,10,12,16H,7-9,23H2,1-4H3,(H,24,26). The molecule has 1 aromatic carbocycles. The number of halogens is 3. The molecule has 2 atom stereocenters. The van der Waals surface area contributed by atoms with Gasteiger partial charge in [-0.15, -0.1) is 0 Å². The van der Waals surface area contributed by atoms with Crippen molar-refractivity contribution < 1.29 is 27.5 Å². The van der Waals surface area contributed by atoms with Crippen molar-refractivity contribution in [1.29, 1.82) is 0 Å². The van der Waals surface area contributed by atoms with Crippen molar-refractivity contribution in [3.8, 4) is 0 Å². The third-order valence-corrected chi connectivity index (χ3v) is 4.40. The van der Waals surface area contributed by atoms with Gasteiger partial charge in [-0.1, -0.05) is 6.07 Å². The number of amides is 2. The van der Waals surface area contributed by atoms with E-state index in [2.05, 4.69) is 5.32 Å². The lowest BCUT2D eigenvalue weighted by Gasteiger charge is -2.38. The van der Waals surface area contributed by atoms with Crippen molar-refractivity contribution in [3.63, 3.8) is 0 Å². The summed E-state index contributed by atoms with van der Waals surface area (Å²) in [5, 5.41) is 2.48. The van der Waals surface area contributed by atoms with Gasteiger partial charge in [-0.25, -0.2) is 4.79 Å². The van der Waals surface area contributed by atoms with E-state index in [1.165, 1.54) is 17.9 Å². The first kappa shape index (κ1) is 22.0. The first-order valence-corrected chi connectivity index (χ1v) is 9.02. The fraction of sp³-hybridized carbons (Fsp3) is 0.579. The zero-order valence-electron chi connectivity index (χ0n) is 16.4. The van der Waals surface area contributed by atoms with Crippen molar-refractivity contribution in [3.05, 3.63) is 29.3 Å². The Bertz CT molecular complexity index is 744. The number of alkyl halides is 3. The van der Waals surface area contributed by atoms with Crippen molar-refractivity contribution in [1.82, 2.24) is 4.90 Å². The van der Waals surface area contributed by atoms with Crippen molar-refractivity contribution in [2.45, 2.75) is 64.4 Å². The minimum atomic E-state index is -4.51. The number of carbonyl (C=O) groups excluding carboxylic acids is 2. The lowest BCUT2D eigenvalue weighted by atomic mass is 9.86. The zero-order valence-corrected chi connectivity index (χ0v) is 16.4. The van der Waals surface area contributed by atoms with E-state index < -0.39 is 35.5 Å². The minimum Gasteiger partial charge on any atom is -0.444 e. The Morgan fingerprint density at radius 3 is 2.39 bits per heavy atom. The lowest BCUT2D eigenvalue weighted by Crippen LogP contribution is -2.51. The first-order chi connectivity index (χ1) is 12.8. The number of piperidine rings is 1. The van der Waals surface area contributed by atoms with Crippen LogP contribution in [0.1, 0.15) is 57.6 Å². The summed E-state index contributed by atoms with van der Waals surface area (Å²) in [6.07, 6.45) is -4.83. The Hall–Kier alpha value is -2.29. The fourth-order valence-corrected chi connectivity index (χ4v) is 3.21. The molecule has 2 amide bonds. The number of nitrogens with one attached hydrogen (secondary N) is 1. The minimum absolute atomic E-state index is 0.116. The normalized spacial score (nSPS) is 20.6. The van der Waals surface area contributed by atoms with Gasteiger partial charge in [0.05, 0.1) is 11.7 Å². The molecular weight excluding hydrogens is 375 g/mol. The van der Waals surface area contributed by atoms with Gasteiger partial charge in [-0.3, -0.25) is 9.69 Å². The number of rotatable bonds is 2. The first-order valence-electron chi connectivity index (χ1n) is 9.02. The number of hydrogen-bond acceptors (Lipinski definition) is 4. The Morgan fingerprint density at radius 1 is 1.25 bits per heavy atom. The van der Waals surface area contributed by atoms with Crippen LogP contribution in [0.3, 0.4) is 0 Å². The molecule has 0 bridgehead atoms. The molecule has 6 nitrogen and oxygen atoms in total. The van der Waals surface area contributed by atoms with Gasteiger partial charge < -0.3 is 15.8 Å². The molecule has 1 fully saturated rings. The van der Waals surface area contributed by atoms with Gasteiger partial charge in [0.25, 0.3) is 0 Å². The second kappa shape index (κ2) is 7.98. The molecule has 1 aromatic rings. The molecule has 3 N–H and O–H groups in total. The molecular formula is C19H26F3N3O3. The molecule has 1 aliphatic rings. The number of benzene rings is 1. The highest BCUT2D eigenvalue weighted by Gasteiger charge is 2.35. The molecule has 1 saturated heterocycles. The second-order valence-corrected chi connectivity index (χ2v) is 7.94. The van der Waals surface area contributed by atoms with Crippen molar-refractivity contribution >= 4 is 17.7 Å². The molecule has 9 heteroatoms. The van der Waals surface area contributed by atoms with Gasteiger partial charge in [-0.2, -0.15) is 13.2 Å². The van der Waals surface area contributed by atoms with E-state index in [9.17, 15) is 22.8 Å². The summed E-state index contributed by atoms with van der Waals surface area (Å²) in [6.45, 7) is 6.81. The maximum absolute atomic E-state index is 13.0. The van der Waals surface area contributed by atoms with E-state index >= 15 is 0 Å². The third kappa shape index (κ3) is 5.60. The Balaban J connectivity index is 2.22. The predicted molar refractivity (Wildman–Crippen MR) is 98.6 cm³/mol. The second-order valence-electron chi connectivity index (χ2n) is 7.94. The van der Waals surface area contributed by atoms with Gasteiger partial charge in [0, 0.05) is 19.2 Å². The number of likely N-dealkylation sites (tertiary alicyclic amines) is 1. The van der Waals surface area contributed by atoms with Crippen LogP contribution in [-0.4, -0.2) is 35.2 Å². The highest BCUT2D eigenvalue weighted by atomic mass is 19.4. The Kier molecular flexibility index (Phi) is 6.27. The van der Waals surface area contributed by atoms with E-state index in [1.54, 1.807) is 20.8 Å². The molecule has 1 aliphatic heterocycles. The van der Waals surface area contributed by atoms with Crippen LogP contribution in [0.15, 0.2) is 18.2 Å². The van der Waals surface area contributed by atoms with Crippen LogP contribution in [-0.2, 0) is 15.7 Å². The van der Waals surface area contributed by atoms with Crippen LogP contribution in [0, 0.1) is 0 Å². The predicted octanol–water partition coefficient (Wildman–Crippen LogP) is 4.06. The molecule has 0 spiro atoms. The molecule has 28 heavy (non-hydrogen) atoms.